The Labute approximate surface area is 182 Å². The predicted molar refractivity (Wildman–Crippen MR) is 121 cm³/mol. The van der Waals surface area contributed by atoms with Gasteiger partial charge in [-0.15, -0.1) is 0 Å². The van der Waals surface area contributed by atoms with Crippen molar-refractivity contribution in [3.05, 3.63) is 71.9 Å². The number of amides is 1. The van der Waals surface area contributed by atoms with Crippen LogP contribution in [0.1, 0.15) is 40.0 Å². The molecule has 0 radical (unpaired) electrons. The van der Waals surface area contributed by atoms with Gasteiger partial charge in [-0.3, -0.25) is 20.0 Å². The van der Waals surface area contributed by atoms with E-state index < -0.39 is 5.41 Å². The number of para-hydroxylation sites is 2. The van der Waals surface area contributed by atoms with Gasteiger partial charge >= 0.3 is 0 Å². The summed E-state index contributed by atoms with van der Waals surface area (Å²) in [6, 6.07) is 19.6. The molecule has 1 amide bonds. The third-order valence-corrected chi connectivity index (χ3v) is 6.63. The van der Waals surface area contributed by atoms with Crippen LogP contribution < -0.4 is 15.9 Å². The summed E-state index contributed by atoms with van der Waals surface area (Å²) < 4.78 is 0. The van der Waals surface area contributed by atoms with Crippen molar-refractivity contribution in [2.75, 3.05) is 10.4 Å². The number of rotatable bonds is 3. The number of fused-ring (bicyclic) bond motifs is 2. The van der Waals surface area contributed by atoms with Gasteiger partial charge in [0, 0.05) is 29.5 Å². The second-order valence-corrected chi connectivity index (χ2v) is 9.80. The van der Waals surface area contributed by atoms with Crippen molar-refractivity contribution < 1.29 is 9.59 Å². The minimum atomic E-state index is -0.604. The van der Waals surface area contributed by atoms with E-state index in [0.717, 1.165) is 29.1 Å². The van der Waals surface area contributed by atoms with Crippen molar-refractivity contribution in [1.82, 2.24) is 10.4 Å². The molecule has 2 heterocycles. The van der Waals surface area contributed by atoms with E-state index in [9.17, 15) is 9.59 Å². The fraction of sp³-hybridized carbons (Fsp3) is 0.360. The molecule has 6 heteroatoms. The maximum absolute atomic E-state index is 13.3. The van der Waals surface area contributed by atoms with Crippen LogP contribution in [-0.2, 0) is 9.59 Å². The normalized spacial score (nSPS) is 27.3. The Morgan fingerprint density at radius 1 is 0.903 bits per heavy atom. The number of hydrogen-bond acceptors (Lipinski definition) is 5. The molecule has 0 aromatic heterocycles. The maximum atomic E-state index is 13.3. The average molecular weight is 417 g/mol. The smallest absolute Gasteiger partial charge is 0.242 e. The summed E-state index contributed by atoms with van der Waals surface area (Å²) >= 11 is 0. The van der Waals surface area contributed by atoms with Crippen molar-refractivity contribution in [2.45, 2.75) is 46.2 Å². The van der Waals surface area contributed by atoms with Crippen LogP contribution >= 0.6 is 0 Å². The molecule has 5 rings (SSSR count). The number of anilines is 2. The number of nitrogens with one attached hydrogen (secondary N) is 2. The molecule has 160 valence electrons. The standard InChI is InChI=1S/C25H28N4O2/c1-24(2)14-19-22(20(30)15-24)25(3)16-21(31)28(18-12-8-5-9-13-18)27-23(25)29(19)26-17-10-6-4-7-11-17/h4-13,23,26-27H,14-16H2,1-3H3/t23-,25+/m1/s1. The fourth-order valence-electron chi connectivity index (χ4n) is 5.27. The van der Waals surface area contributed by atoms with E-state index in [1.807, 2.05) is 67.6 Å². The molecule has 2 N–H and O–H groups in total. The summed E-state index contributed by atoms with van der Waals surface area (Å²) in [5, 5.41) is 3.71. The number of allylic oxidation sites excluding steroid dienone is 1. The van der Waals surface area contributed by atoms with Crippen LogP contribution in [-0.4, -0.2) is 22.9 Å². The number of hydrogen-bond donors (Lipinski definition) is 2. The molecule has 1 saturated heterocycles. The molecule has 6 nitrogen and oxygen atoms in total. The molecule has 2 aliphatic heterocycles. The van der Waals surface area contributed by atoms with Crippen molar-refractivity contribution in [3.8, 4) is 0 Å². The lowest BCUT2D eigenvalue weighted by atomic mass is 9.68. The fourth-order valence-corrected chi connectivity index (χ4v) is 5.27. The number of hydrazine groups is 2. The number of nitrogens with zero attached hydrogens (tertiary/aromatic N) is 2. The lowest BCUT2D eigenvalue weighted by Gasteiger charge is -2.46. The van der Waals surface area contributed by atoms with E-state index in [-0.39, 0.29) is 29.7 Å². The van der Waals surface area contributed by atoms with Gasteiger partial charge in [0.05, 0.1) is 11.4 Å². The zero-order valence-corrected chi connectivity index (χ0v) is 18.2. The molecule has 2 atom stereocenters. The van der Waals surface area contributed by atoms with Crippen molar-refractivity contribution in [2.24, 2.45) is 10.8 Å². The Morgan fingerprint density at radius 2 is 1.55 bits per heavy atom. The Kier molecular flexibility index (Phi) is 4.45. The average Bonchev–Trinajstić information content (AvgIpc) is 2.94. The van der Waals surface area contributed by atoms with E-state index in [1.165, 1.54) is 0 Å². The van der Waals surface area contributed by atoms with Crippen LogP contribution in [0.2, 0.25) is 0 Å². The van der Waals surface area contributed by atoms with Crippen LogP contribution in [0.25, 0.3) is 0 Å². The first-order valence-corrected chi connectivity index (χ1v) is 10.8. The molecule has 0 saturated carbocycles. The summed E-state index contributed by atoms with van der Waals surface area (Å²) in [7, 11) is 0. The molecule has 2 aromatic carbocycles. The SMILES string of the molecule is CC1(C)CC(=O)C2=C(C1)N(Nc1ccccc1)[C@H]1NN(c3ccccc3)C(=O)C[C@@]21C. The topological polar surface area (TPSA) is 64.7 Å². The van der Waals surface area contributed by atoms with Crippen LogP contribution in [0.4, 0.5) is 11.4 Å². The van der Waals surface area contributed by atoms with Gasteiger partial charge in [-0.05, 0) is 36.1 Å². The lowest BCUT2D eigenvalue weighted by molar-refractivity contribution is -0.125. The highest BCUT2D eigenvalue weighted by Crippen LogP contribution is 2.54. The molecule has 0 bridgehead atoms. The molecular formula is C25H28N4O2. The summed E-state index contributed by atoms with van der Waals surface area (Å²) in [5.74, 6) is 0.120. The molecule has 0 spiro atoms. The van der Waals surface area contributed by atoms with E-state index in [0.29, 0.717) is 6.42 Å². The van der Waals surface area contributed by atoms with E-state index in [2.05, 4.69) is 29.7 Å². The van der Waals surface area contributed by atoms with Gasteiger partial charge < -0.3 is 0 Å². The number of carbonyl (C=O) groups excluding carboxylic acids is 2. The van der Waals surface area contributed by atoms with Gasteiger partial charge in [0.25, 0.3) is 0 Å². The number of carbonyl (C=O) groups is 2. The highest BCUT2D eigenvalue weighted by molar-refractivity contribution is 6.02. The predicted octanol–water partition coefficient (Wildman–Crippen LogP) is 4.25. The number of benzene rings is 2. The lowest BCUT2D eigenvalue weighted by Crippen LogP contribution is -2.65. The zero-order chi connectivity index (χ0) is 21.8. The number of ketones is 1. The summed E-state index contributed by atoms with van der Waals surface area (Å²) in [4.78, 5) is 26.5. The third-order valence-electron chi connectivity index (χ3n) is 6.63. The van der Waals surface area contributed by atoms with Crippen molar-refractivity contribution in [3.63, 3.8) is 0 Å². The summed E-state index contributed by atoms with van der Waals surface area (Å²) in [5.41, 5.74) is 9.79. The Hall–Kier alpha value is -3.12. The highest BCUT2D eigenvalue weighted by atomic mass is 16.2. The first-order valence-electron chi connectivity index (χ1n) is 10.8. The first-order chi connectivity index (χ1) is 14.8. The Morgan fingerprint density at radius 3 is 2.23 bits per heavy atom. The summed E-state index contributed by atoms with van der Waals surface area (Å²) in [6.45, 7) is 6.31. The molecule has 1 fully saturated rings. The molecule has 0 unspecified atom stereocenters. The van der Waals surface area contributed by atoms with Gasteiger partial charge in [-0.2, -0.15) is 0 Å². The summed E-state index contributed by atoms with van der Waals surface area (Å²) in [6.07, 6.45) is 1.29. The molecule has 2 aromatic rings. The van der Waals surface area contributed by atoms with E-state index in [4.69, 9.17) is 0 Å². The Bertz CT molecular complexity index is 1060. The largest absolute Gasteiger partial charge is 0.297 e. The van der Waals surface area contributed by atoms with Crippen LogP contribution in [0.3, 0.4) is 0 Å². The van der Waals surface area contributed by atoms with E-state index >= 15 is 0 Å². The minimum absolute atomic E-state index is 0.0315. The Balaban J connectivity index is 1.59. The monoisotopic (exact) mass is 416 g/mol. The molecule has 3 aliphatic rings. The minimum Gasteiger partial charge on any atom is -0.297 e. The number of Topliss-reactive ketones (excluding diaryl/α,β-unsaturated/α-hetero) is 1. The van der Waals surface area contributed by atoms with Crippen LogP contribution in [0.15, 0.2) is 71.9 Å². The van der Waals surface area contributed by atoms with Gasteiger partial charge in [0.15, 0.2) is 5.78 Å². The van der Waals surface area contributed by atoms with Gasteiger partial charge in [-0.25, -0.2) is 10.4 Å². The molecule has 1 aliphatic carbocycles. The van der Waals surface area contributed by atoms with E-state index in [1.54, 1.807) is 5.01 Å². The molecule has 31 heavy (non-hydrogen) atoms. The quantitative estimate of drug-likeness (QED) is 0.783. The first kappa shape index (κ1) is 19.8. The van der Waals surface area contributed by atoms with Gasteiger partial charge in [-0.1, -0.05) is 57.2 Å². The third kappa shape index (κ3) is 3.22. The van der Waals surface area contributed by atoms with Crippen molar-refractivity contribution in [1.29, 1.82) is 0 Å². The van der Waals surface area contributed by atoms with Crippen LogP contribution in [0.5, 0.6) is 0 Å². The second kappa shape index (κ2) is 6.95. The highest BCUT2D eigenvalue weighted by Gasteiger charge is 2.59. The van der Waals surface area contributed by atoms with Crippen molar-refractivity contribution >= 4 is 23.1 Å². The zero-order valence-electron chi connectivity index (χ0n) is 18.2. The van der Waals surface area contributed by atoms with Crippen LogP contribution in [0, 0.1) is 10.8 Å². The molecular weight excluding hydrogens is 388 g/mol. The maximum Gasteiger partial charge on any atom is 0.242 e. The van der Waals surface area contributed by atoms with Gasteiger partial charge in [0.1, 0.15) is 6.17 Å². The van der Waals surface area contributed by atoms with Gasteiger partial charge in [0.2, 0.25) is 5.91 Å². The second-order valence-electron chi connectivity index (χ2n) is 9.80.